The summed E-state index contributed by atoms with van der Waals surface area (Å²) in [6, 6.07) is 0. The molecule has 0 radical (unpaired) electrons. The molecule has 1 fully saturated rings. The number of carbonyl (C=O) groups excluding carboxylic acids is 1. The van der Waals surface area contributed by atoms with Gasteiger partial charge in [0.1, 0.15) is 5.78 Å². The molecular formula is C9H14O. The fourth-order valence-electron chi connectivity index (χ4n) is 1.60. The molecule has 0 aromatic carbocycles. The average Bonchev–Trinajstić information content (AvgIpc) is 2.20. The van der Waals surface area contributed by atoms with Crippen LogP contribution in [0.15, 0.2) is 12.7 Å². The van der Waals surface area contributed by atoms with Gasteiger partial charge in [-0.25, -0.2) is 0 Å². The van der Waals surface area contributed by atoms with Crippen molar-refractivity contribution in [3.8, 4) is 0 Å². The van der Waals surface area contributed by atoms with Gasteiger partial charge in [0.05, 0.1) is 0 Å². The Bertz CT molecular complexity index is 149. The second-order valence-electron chi connectivity index (χ2n) is 3.08. The number of carbonyl (C=O) groups is 1. The van der Waals surface area contributed by atoms with Crippen molar-refractivity contribution in [1.29, 1.82) is 0 Å². The minimum absolute atomic E-state index is 0.290. The van der Waals surface area contributed by atoms with Crippen LogP contribution in [-0.2, 0) is 4.79 Å². The van der Waals surface area contributed by atoms with E-state index in [0.717, 1.165) is 19.3 Å². The Morgan fingerprint density at radius 1 is 1.80 bits per heavy atom. The van der Waals surface area contributed by atoms with Gasteiger partial charge in [0.2, 0.25) is 0 Å². The van der Waals surface area contributed by atoms with Crippen molar-refractivity contribution in [2.45, 2.75) is 26.2 Å². The first-order valence-corrected chi connectivity index (χ1v) is 3.89. The predicted octanol–water partition coefficient (Wildman–Crippen LogP) is 2.18. The van der Waals surface area contributed by atoms with Crippen molar-refractivity contribution in [2.75, 3.05) is 0 Å². The number of Topliss-reactive ketones (excluding diaryl/α,β-unsaturated/α-hetero) is 1. The molecular weight excluding hydrogens is 124 g/mol. The molecule has 0 bridgehead atoms. The van der Waals surface area contributed by atoms with Crippen LogP contribution in [0.1, 0.15) is 26.2 Å². The highest BCUT2D eigenvalue weighted by molar-refractivity contribution is 5.82. The zero-order valence-electron chi connectivity index (χ0n) is 6.47. The van der Waals surface area contributed by atoms with Gasteiger partial charge in [-0.3, -0.25) is 4.79 Å². The van der Waals surface area contributed by atoms with Crippen molar-refractivity contribution in [3.63, 3.8) is 0 Å². The van der Waals surface area contributed by atoms with Gasteiger partial charge in [0, 0.05) is 12.3 Å². The van der Waals surface area contributed by atoms with Gasteiger partial charge >= 0.3 is 0 Å². The van der Waals surface area contributed by atoms with Gasteiger partial charge in [-0.15, -0.1) is 6.58 Å². The summed E-state index contributed by atoms with van der Waals surface area (Å²) in [4.78, 5) is 11.0. The summed E-state index contributed by atoms with van der Waals surface area (Å²) in [7, 11) is 0. The zero-order valence-corrected chi connectivity index (χ0v) is 6.47. The maximum atomic E-state index is 11.0. The summed E-state index contributed by atoms with van der Waals surface area (Å²) in [5.41, 5.74) is 0. The van der Waals surface area contributed by atoms with Crippen LogP contribution in [0, 0.1) is 11.8 Å². The highest BCUT2D eigenvalue weighted by atomic mass is 16.1. The summed E-state index contributed by atoms with van der Waals surface area (Å²) in [6.07, 6.45) is 4.79. The zero-order chi connectivity index (χ0) is 7.56. The third-order valence-electron chi connectivity index (χ3n) is 2.45. The van der Waals surface area contributed by atoms with E-state index in [1.165, 1.54) is 0 Å². The minimum Gasteiger partial charge on any atom is -0.299 e. The molecule has 0 aliphatic heterocycles. The normalized spacial score (nSPS) is 32.7. The van der Waals surface area contributed by atoms with Crippen molar-refractivity contribution in [1.82, 2.24) is 0 Å². The highest BCUT2D eigenvalue weighted by Gasteiger charge is 2.29. The van der Waals surface area contributed by atoms with Gasteiger partial charge in [0.25, 0.3) is 0 Å². The summed E-state index contributed by atoms with van der Waals surface area (Å²) < 4.78 is 0. The standard InChI is InChI=1S/C9H14O/c1-3-4-8-5-6-9(10)7(8)2/h3,7-8H,1,4-6H2,2H3. The molecule has 1 aliphatic carbocycles. The van der Waals surface area contributed by atoms with Gasteiger partial charge in [0.15, 0.2) is 0 Å². The molecule has 2 unspecified atom stereocenters. The topological polar surface area (TPSA) is 17.1 Å². The first kappa shape index (κ1) is 7.52. The number of hydrogen-bond acceptors (Lipinski definition) is 1. The molecule has 10 heavy (non-hydrogen) atoms. The SMILES string of the molecule is C=CCC1CCC(=O)C1C. The highest BCUT2D eigenvalue weighted by Crippen LogP contribution is 2.30. The van der Waals surface area contributed by atoms with Gasteiger partial charge in [-0.2, -0.15) is 0 Å². The Balaban J connectivity index is 2.48. The van der Waals surface area contributed by atoms with E-state index in [1.54, 1.807) is 0 Å². The minimum atomic E-state index is 0.290. The first-order chi connectivity index (χ1) is 4.75. The second-order valence-corrected chi connectivity index (χ2v) is 3.08. The molecule has 1 nitrogen and oxygen atoms in total. The van der Waals surface area contributed by atoms with Gasteiger partial charge < -0.3 is 0 Å². The van der Waals surface area contributed by atoms with Crippen LogP contribution in [0.3, 0.4) is 0 Å². The van der Waals surface area contributed by atoms with Gasteiger partial charge in [-0.05, 0) is 18.8 Å². The van der Waals surface area contributed by atoms with Crippen LogP contribution in [0.4, 0.5) is 0 Å². The van der Waals surface area contributed by atoms with Crippen LogP contribution in [0.2, 0.25) is 0 Å². The summed E-state index contributed by atoms with van der Waals surface area (Å²) in [5, 5.41) is 0. The Labute approximate surface area is 62.1 Å². The Morgan fingerprint density at radius 3 is 2.90 bits per heavy atom. The lowest BCUT2D eigenvalue weighted by molar-refractivity contribution is -0.120. The van der Waals surface area contributed by atoms with E-state index in [0.29, 0.717) is 11.7 Å². The Kier molecular flexibility index (Phi) is 2.25. The third-order valence-corrected chi connectivity index (χ3v) is 2.45. The van der Waals surface area contributed by atoms with E-state index < -0.39 is 0 Å². The summed E-state index contributed by atoms with van der Waals surface area (Å²) >= 11 is 0. The average molecular weight is 138 g/mol. The van der Waals surface area contributed by atoms with Crippen molar-refractivity contribution in [2.24, 2.45) is 11.8 Å². The van der Waals surface area contributed by atoms with Crippen molar-refractivity contribution >= 4 is 5.78 Å². The lowest BCUT2D eigenvalue weighted by Gasteiger charge is -2.09. The molecule has 1 saturated carbocycles. The molecule has 0 saturated heterocycles. The van der Waals surface area contributed by atoms with Gasteiger partial charge in [-0.1, -0.05) is 13.0 Å². The van der Waals surface area contributed by atoms with E-state index >= 15 is 0 Å². The number of rotatable bonds is 2. The Morgan fingerprint density at radius 2 is 2.50 bits per heavy atom. The largest absolute Gasteiger partial charge is 0.299 e. The third kappa shape index (κ3) is 1.28. The molecule has 0 heterocycles. The molecule has 1 rings (SSSR count). The quantitative estimate of drug-likeness (QED) is 0.534. The maximum absolute atomic E-state index is 11.0. The fraction of sp³-hybridized carbons (Fsp3) is 0.667. The summed E-state index contributed by atoms with van der Waals surface area (Å²) in [5.74, 6) is 1.31. The first-order valence-electron chi connectivity index (χ1n) is 3.89. The number of ketones is 1. The fourth-order valence-corrected chi connectivity index (χ4v) is 1.60. The number of allylic oxidation sites excluding steroid dienone is 1. The molecule has 0 N–H and O–H groups in total. The van der Waals surface area contributed by atoms with E-state index in [2.05, 4.69) is 6.58 Å². The monoisotopic (exact) mass is 138 g/mol. The van der Waals surface area contributed by atoms with Crippen LogP contribution < -0.4 is 0 Å². The lowest BCUT2D eigenvalue weighted by Crippen LogP contribution is -2.09. The molecule has 0 spiro atoms. The van der Waals surface area contributed by atoms with Crippen LogP contribution >= 0.6 is 0 Å². The van der Waals surface area contributed by atoms with Crippen molar-refractivity contribution in [3.05, 3.63) is 12.7 Å². The molecule has 56 valence electrons. The molecule has 2 atom stereocenters. The Hall–Kier alpha value is -0.590. The van der Waals surface area contributed by atoms with E-state index in [9.17, 15) is 4.79 Å². The summed E-state index contributed by atoms with van der Waals surface area (Å²) in [6.45, 7) is 5.70. The smallest absolute Gasteiger partial charge is 0.135 e. The van der Waals surface area contributed by atoms with E-state index in [1.807, 2.05) is 13.0 Å². The molecule has 0 aromatic heterocycles. The van der Waals surface area contributed by atoms with Crippen LogP contribution in [0.25, 0.3) is 0 Å². The van der Waals surface area contributed by atoms with E-state index in [-0.39, 0.29) is 5.92 Å². The lowest BCUT2D eigenvalue weighted by atomic mass is 9.94. The molecule has 1 heteroatoms. The predicted molar refractivity (Wildman–Crippen MR) is 41.7 cm³/mol. The second kappa shape index (κ2) is 3.00. The number of hydrogen-bond donors (Lipinski definition) is 0. The molecule has 0 amide bonds. The maximum Gasteiger partial charge on any atom is 0.135 e. The van der Waals surface area contributed by atoms with Crippen LogP contribution in [0.5, 0.6) is 0 Å². The van der Waals surface area contributed by atoms with E-state index in [4.69, 9.17) is 0 Å². The van der Waals surface area contributed by atoms with Crippen LogP contribution in [-0.4, -0.2) is 5.78 Å². The molecule has 0 aromatic rings. The molecule has 1 aliphatic rings. The van der Waals surface area contributed by atoms with Crippen molar-refractivity contribution < 1.29 is 4.79 Å².